The third-order valence-corrected chi connectivity index (χ3v) is 3.55. The first-order chi connectivity index (χ1) is 8.06. The number of halogens is 4. The minimum absolute atomic E-state index is 0.181. The van der Waals surface area contributed by atoms with E-state index in [4.69, 9.17) is 23.2 Å². The van der Waals surface area contributed by atoms with E-state index >= 15 is 0 Å². The van der Waals surface area contributed by atoms with Crippen LogP contribution >= 0.6 is 55.1 Å². The topological polar surface area (TPSA) is 37.8 Å². The molecule has 0 saturated carbocycles. The van der Waals surface area contributed by atoms with Gasteiger partial charge in [-0.25, -0.2) is 4.98 Å². The summed E-state index contributed by atoms with van der Waals surface area (Å²) in [5.74, 6) is 0.591. The fourth-order valence-electron chi connectivity index (χ4n) is 1.15. The van der Waals surface area contributed by atoms with Crippen molar-refractivity contribution < 1.29 is 0 Å². The fourth-order valence-corrected chi connectivity index (χ4v) is 2.36. The van der Waals surface area contributed by atoms with Crippen molar-refractivity contribution in [3.05, 3.63) is 43.6 Å². The molecule has 2 rings (SSSR count). The Morgan fingerprint density at radius 2 is 1.88 bits per heavy atom. The molecule has 0 radical (unpaired) electrons. The molecule has 0 atom stereocenters. The van der Waals surface area contributed by atoms with Crippen molar-refractivity contribution in [2.75, 3.05) is 5.32 Å². The Kier molecular flexibility index (Phi) is 4.25. The summed E-state index contributed by atoms with van der Waals surface area (Å²) < 4.78 is 1.57. The molecular weight excluding hydrogens is 393 g/mol. The standard InChI is InChI=1S/C10H5Br2Cl2N3/c11-6-3-5(13)1-2-8(6)16-9-7(12)4-15-10(14)17-9/h1-4H,(H,15,16,17). The van der Waals surface area contributed by atoms with Crippen molar-refractivity contribution in [1.82, 2.24) is 9.97 Å². The van der Waals surface area contributed by atoms with E-state index in [0.29, 0.717) is 10.8 Å². The van der Waals surface area contributed by atoms with Gasteiger partial charge in [0.25, 0.3) is 0 Å². The highest BCUT2D eigenvalue weighted by molar-refractivity contribution is 9.11. The molecule has 0 fully saturated rings. The number of nitrogens with one attached hydrogen (secondary N) is 1. The third kappa shape index (κ3) is 3.31. The van der Waals surface area contributed by atoms with E-state index in [1.807, 2.05) is 6.07 Å². The average molecular weight is 398 g/mol. The van der Waals surface area contributed by atoms with Gasteiger partial charge < -0.3 is 5.32 Å². The predicted molar refractivity (Wildman–Crippen MR) is 77.2 cm³/mol. The number of aromatic nitrogens is 2. The highest BCUT2D eigenvalue weighted by atomic mass is 79.9. The van der Waals surface area contributed by atoms with E-state index < -0.39 is 0 Å². The van der Waals surface area contributed by atoms with Crippen LogP contribution in [0.3, 0.4) is 0 Å². The Balaban J connectivity index is 2.34. The average Bonchev–Trinajstić information content (AvgIpc) is 2.27. The smallest absolute Gasteiger partial charge is 0.224 e. The lowest BCUT2D eigenvalue weighted by atomic mass is 10.3. The number of hydrogen-bond acceptors (Lipinski definition) is 3. The van der Waals surface area contributed by atoms with E-state index in [0.717, 1.165) is 14.6 Å². The van der Waals surface area contributed by atoms with E-state index in [1.165, 1.54) is 0 Å². The first kappa shape index (κ1) is 13.1. The van der Waals surface area contributed by atoms with Crippen LogP contribution in [-0.4, -0.2) is 9.97 Å². The molecule has 0 bridgehead atoms. The number of hydrogen-bond donors (Lipinski definition) is 1. The first-order valence-electron chi connectivity index (χ1n) is 4.46. The predicted octanol–water partition coefficient (Wildman–Crippen LogP) is 5.05. The fraction of sp³-hybridized carbons (Fsp3) is 0. The molecule has 1 heterocycles. The van der Waals surface area contributed by atoms with Gasteiger partial charge in [0, 0.05) is 15.7 Å². The lowest BCUT2D eigenvalue weighted by Crippen LogP contribution is -1.97. The van der Waals surface area contributed by atoms with Crippen LogP contribution in [0.15, 0.2) is 33.3 Å². The van der Waals surface area contributed by atoms with Crippen LogP contribution in [-0.2, 0) is 0 Å². The molecule has 17 heavy (non-hydrogen) atoms. The molecule has 0 saturated heterocycles. The van der Waals surface area contributed by atoms with Gasteiger partial charge >= 0.3 is 0 Å². The molecular formula is C10H5Br2Cl2N3. The molecule has 0 spiro atoms. The van der Waals surface area contributed by atoms with Crippen molar-refractivity contribution in [3.8, 4) is 0 Å². The van der Waals surface area contributed by atoms with Crippen LogP contribution in [0.1, 0.15) is 0 Å². The summed E-state index contributed by atoms with van der Waals surface area (Å²) >= 11 is 18.3. The molecule has 0 aliphatic rings. The maximum absolute atomic E-state index is 5.86. The van der Waals surface area contributed by atoms with Crippen LogP contribution in [0.2, 0.25) is 10.3 Å². The largest absolute Gasteiger partial charge is 0.338 e. The van der Waals surface area contributed by atoms with Gasteiger partial charge in [-0.15, -0.1) is 0 Å². The Morgan fingerprint density at radius 3 is 2.59 bits per heavy atom. The van der Waals surface area contributed by atoms with Crippen molar-refractivity contribution in [2.24, 2.45) is 0 Å². The SMILES string of the molecule is Clc1ccc(Nc2nc(Cl)ncc2Br)c(Br)c1. The number of rotatable bonds is 2. The molecule has 1 aromatic heterocycles. The molecule has 2 aromatic rings. The summed E-state index contributed by atoms with van der Waals surface area (Å²) in [6.45, 7) is 0. The van der Waals surface area contributed by atoms with Crippen LogP contribution in [0.25, 0.3) is 0 Å². The second-order valence-electron chi connectivity index (χ2n) is 3.08. The summed E-state index contributed by atoms with van der Waals surface area (Å²) in [6, 6.07) is 5.42. The monoisotopic (exact) mass is 395 g/mol. The maximum atomic E-state index is 5.86. The van der Waals surface area contributed by atoms with Crippen molar-refractivity contribution >= 4 is 66.6 Å². The highest BCUT2D eigenvalue weighted by Gasteiger charge is 2.06. The lowest BCUT2D eigenvalue weighted by Gasteiger charge is -2.09. The van der Waals surface area contributed by atoms with Crippen LogP contribution < -0.4 is 5.32 Å². The van der Waals surface area contributed by atoms with Crippen molar-refractivity contribution in [3.63, 3.8) is 0 Å². The zero-order valence-electron chi connectivity index (χ0n) is 8.22. The maximum Gasteiger partial charge on any atom is 0.224 e. The molecule has 1 N–H and O–H groups in total. The van der Waals surface area contributed by atoms with Gasteiger partial charge in [-0.1, -0.05) is 11.6 Å². The van der Waals surface area contributed by atoms with E-state index in [-0.39, 0.29) is 5.28 Å². The molecule has 3 nitrogen and oxygen atoms in total. The van der Waals surface area contributed by atoms with Gasteiger partial charge in [0.1, 0.15) is 5.82 Å². The van der Waals surface area contributed by atoms with Crippen molar-refractivity contribution in [2.45, 2.75) is 0 Å². The first-order valence-corrected chi connectivity index (χ1v) is 6.80. The Bertz CT molecular complexity index is 563. The minimum Gasteiger partial charge on any atom is -0.338 e. The van der Waals surface area contributed by atoms with E-state index in [9.17, 15) is 0 Å². The van der Waals surface area contributed by atoms with Gasteiger partial charge in [-0.05, 0) is 61.7 Å². The summed E-state index contributed by atoms with van der Waals surface area (Å²) in [7, 11) is 0. The van der Waals surface area contributed by atoms with Gasteiger partial charge in [0.05, 0.1) is 10.2 Å². The second-order valence-corrected chi connectivity index (χ2v) is 5.57. The van der Waals surface area contributed by atoms with E-state index in [2.05, 4.69) is 47.1 Å². The van der Waals surface area contributed by atoms with Crippen LogP contribution in [0, 0.1) is 0 Å². The Hall–Kier alpha value is -0.360. The molecule has 0 unspecified atom stereocenters. The van der Waals surface area contributed by atoms with Crippen LogP contribution in [0.4, 0.5) is 11.5 Å². The lowest BCUT2D eigenvalue weighted by molar-refractivity contribution is 1.15. The quantitative estimate of drug-likeness (QED) is 0.720. The Morgan fingerprint density at radius 1 is 1.12 bits per heavy atom. The Labute approximate surface area is 125 Å². The number of nitrogens with zero attached hydrogens (tertiary/aromatic N) is 2. The zero-order chi connectivity index (χ0) is 12.4. The summed E-state index contributed by atoms with van der Waals surface area (Å²) in [4.78, 5) is 7.93. The summed E-state index contributed by atoms with van der Waals surface area (Å²) in [6.07, 6.45) is 1.58. The molecule has 0 aliphatic heterocycles. The number of benzene rings is 1. The zero-order valence-corrected chi connectivity index (χ0v) is 12.9. The molecule has 1 aromatic carbocycles. The minimum atomic E-state index is 0.181. The van der Waals surface area contributed by atoms with Crippen LogP contribution in [0.5, 0.6) is 0 Å². The summed E-state index contributed by atoms with van der Waals surface area (Å²) in [5, 5.41) is 3.96. The third-order valence-electron chi connectivity index (χ3n) is 1.90. The molecule has 0 amide bonds. The normalized spacial score (nSPS) is 10.4. The molecule has 0 aliphatic carbocycles. The van der Waals surface area contributed by atoms with Gasteiger partial charge in [-0.2, -0.15) is 4.98 Å². The van der Waals surface area contributed by atoms with Gasteiger partial charge in [0.2, 0.25) is 5.28 Å². The second kappa shape index (κ2) is 5.52. The van der Waals surface area contributed by atoms with Gasteiger partial charge in [-0.3, -0.25) is 0 Å². The molecule has 88 valence electrons. The summed E-state index contributed by atoms with van der Waals surface area (Å²) in [5.41, 5.74) is 0.838. The van der Waals surface area contributed by atoms with Gasteiger partial charge in [0.15, 0.2) is 0 Å². The number of anilines is 2. The molecule has 7 heteroatoms. The van der Waals surface area contributed by atoms with E-state index in [1.54, 1.807) is 18.3 Å². The highest BCUT2D eigenvalue weighted by Crippen LogP contribution is 2.30. The van der Waals surface area contributed by atoms with Crippen molar-refractivity contribution in [1.29, 1.82) is 0 Å².